The molecule has 2 saturated heterocycles. The van der Waals surface area contributed by atoms with Gasteiger partial charge in [-0.15, -0.1) is 0 Å². The standard InChI is InChI=1S/C28H37N5O3/c1-21-9-10-26(28(34)32-17-15-31(16-18-32)24-6-2-3-7-24)27(29-21)23-11-13-30(14-12-23)20-22-5-4-8-25(19-22)33(35)36/h4-5,8-10,19,23-24H,2-3,6-7,11-18,20H2,1H3. The van der Waals surface area contributed by atoms with Crippen molar-refractivity contribution < 1.29 is 9.72 Å². The zero-order valence-electron chi connectivity index (χ0n) is 21.3. The highest BCUT2D eigenvalue weighted by molar-refractivity contribution is 5.95. The van der Waals surface area contributed by atoms with Gasteiger partial charge in [-0.2, -0.15) is 0 Å². The average molecular weight is 492 g/mol. The second-order valence-corrected chi connectivity index (χ2v) is 10.6. The molecule has 8 heteroatoms. The lowest BCUT2D eigenvalue weighted by Gasteiger charge is -2.38. The minimum Gasteiger partial charge on any atom is -0.336 e. The Kier molecular flexibility index (Phi) is 7.62. The maximum Gasteiger partial charge on any atom is 0.269 e. The molecule has 0 spiro atoms. The number of rotatable bonds is 6. The molecule has 0 radical (unpaired) electrons. The van der Waals surface area contributed by atoms with E-state index in [1.807, 2.05) is 30.0 Å². The number of aromatic nitrogens is 1. The zero-order valence-corrected chi connectivity index (χ0v) is 21.3. The average Bonchev–Trinajstić information content (AvgIpc) is 3.44. The van der Waals surface area contributed by atoms with Gasteiger partial charge in [0.25, 0.3) is 11.6 Å². The third kappa shape index (κ3) is 5.60. The number of nitro groups is 1. The molecule has 3 heterocycles. The molecule has 1 aromatic heterocycles. The first-order chi connectivity index (χ1) is 17.5. The third-order valence-electron chi connectivity index (χ3n) is 8.24. The summed E-state index contributed by atoms with van der Waals surface area (Å²) in [6.07, 6.45) is 7.15. The lowest BCUT2D eigenvalue weighted by molar-refractivity contribution is -0.384. The Morgan fingerprint density at radius 1 is 1.00 bits per heavy atom. The summed E-state index contributed by atoms with van der Waals surface area (Å²) in [5.74, 6) is 0.382. The number of aryl methyl sites for hydroxylation is 1. The first-order valence-corrected chi connectivity index (χ1v) is 13.4. The first-order valence-electron chi connectivity index (χ1n) is 13.4. The summed E-state index contributed by atoms with van der Waals surface area (Å²) in [6, 6.07) is 11.6. The van der Waals surface area contributed by atoms with Crippen molar-refractivity contribution in [3.63, 3.8) is 0 Å². The van der Waals surface area contributed by atoms with Crippen LogP contribution in [0.15, 0.2) is 36.4 Å². The molecule has 0 atom stereocenters. The zero-order chi connectivity index (χ0) is 25.1. The van der Waals surface area contributed by atoms with E-state index in [1.165, 1.54) is 31.7 Å². The topological polar surface area (TPSA) is 82.8 Å². The van der Waals surface area contributed by atoms with Crippen molar-refractivity contribution in [1.29, 1.82) is 0 Å². The van der Waals surface area contributed by atoms with Gasteiger partial charge in [-0.3, -0.25) is 29.7 Å². The molecule has 1 saturated carbocycles. The number of amides is 1. The van der Waals surface area contributed by atoms with Gasteiger partial charge < -0.3 is 4.90 Å². The van der Waals surface area contributed by atoms with Crippen molar-refractivity contribution in [2.24, 2.45) is 0 Å². The van der Waals surface area contributed by atoms with E-state index >= 15 is 0 Å². The molecule has 1 aliphatic carbocycles. The van der Waals surface area contributed by atoms with Crippen LogP contribution in [0.3, 0.4) is 0 Å². The van der Waals surface area contributed by atoms with Crippen molar-refractivity contribution in [2.75, 3.05) is 39.3 Å². The van der Waals surface area contributed by atoms with E-state index in [2.05, 4.69) is 9.80 Å². The Balaban J connectivity index is 1.21. The molecule has 0 unspecified atom stereocenters. The number of hydrogen-bond donors (Lipinski definition) is 0. The van der Waals surface area contributed by atoms with Crippen molar-refractivity contribution in [2.45, 2.75) is 64.0 Å². The molecule has 192 valence electrons. The quantitative estimate of drug-likeness (QED) is 0.441. The number of non-ortho nitro benzene ring substituents is 1. The van der Waals surface area contributed by atoms with E-state index in [0.717, 1.165) is 74.6 Å². The summed E-state index contributed by atoms with van der Waals surface area (Å²) in [6.45, 7) is 8.01. The number of likely N-dealkylation sites (tertiary alicyclic amines) is 1. The maximum absolute atomic E-state index is 13.6. The highest BCUT2D eigenvalue weighted by Gasteiger charge is 2.31. The van der Waals surface area contributed by atoms with Gasteiger partial charge in [-0.25, -0.2) is 0 Å². The highest BCUT2D eigenvalue weighted by Crippen LogP contribution is 2.31. The Bertz CT molecular complexity index is 1080. The van der Waals surface area contributed by atoms with Crippen LogP contribution in [0.5, 0.6) is 0 Å². The maximum atomic E-state index is 13.6. The molecule has 8 nitrogen and oxygen atoms in total. The molecule has 1 aromatic carbocycles. The van der Waals surface area contributed by atoms with Crippen LogP contribution in [0.25, 0.3) is 0 Å². The Labute approximate surface area is 213 Å². The number of nitro benzene ring substituents is 1. The minimum atomic E-state index is -0.341. The fraction of sp³-hybridized carbons (Fsp3) is 0.571. The molecular formula is C28H37N5O3. The summed E-state index contributed by atoms with van der Waals surface area (Å²) in [7, 11) is 0. The van der Waals surface area contributed by atoms with Gasteiger partial charge in [0.1, 0.15) is 0 Å². The summed E-state index contributed by atoms with van der Waals surface area (Å²) < 4.78 is 0. The number of carbonyl (C=O) groups excluding carboxylic acids is 1. The summed E-state index contributed by atoms with van der Waals surface area (Å²) in [5, 5.41) is 11.1. The van der Waals surface area contributed by atoms with Gasteiger partial charge in [-0.1, -0.05) is 25.0 Å². The van der Waals surface area contributed by atoms with Gasteiger partial charge in [0.15, 0.2) is 0 Å². The van der Waals surface area contributed by atoms with E-state index in [1.54, 1.807) is 12.1 Å². The molecule has 0 bridgehead atoms. The minimum absolute atomic E-state index is 0.127. The number of hydrogen-bond acceptors (Lipinski definition) is 6. The molecule has 0 N–H and O–H groups in total. The highest BCUT2D eigenvalue weighted by atomic mass is 16.6. The molecule has 1 amide bonds. The first kappa shape index (κ1) is 24.8. The van der Waals surface area contributed by atoms with Gasteiger partial charge in [-0.05, 0) is 63.4 Å². The second-order valence-electron chi connectivity index (χ2n) is 10.6. The molecule has 2 aliphatic heterocycles. The van der Waals surface area contributed by atoms with Crippen LogP contribution in [-0.2, 0) is 6.54 Å². The number of benzene rings is 1. The van der Waals surface area contributed by atoms with Crippen LogP contribution in [0.4, 0.5) is 5.69 Å². The number of piperidine rings is 1. The number of nitrogens with zero attached hydrogens (tertiary/aromatic N) is 5. The molecule has 5 rings (SSSR count). The van der Waals surface area contributed by atoms with Crippen LogP contribution in [0.2, 0.25) is 0 Å². The van der Waals surface area contributed by atoms with Gasteiger partial charge in [0.05, 0.1) is 16.2 Å². The predicted molar refractivity (Wildman–Crippen MR) is 139 cm³/mol. The number of carbonyl (C=O) groups is 1. The Morgan fingerprint density at radius 2 is 1.72 bits per heavy atom. The third-order valence-corrected chi connectivity index (χ3v) is 8.24. The summed E-state index contributed by atoms with van der Waals surface area (Å²) in [4.78, 5) is 36.2. The molecule has 3 fully saturated rings. The largest absolute Gasteiger partial charge is 0.336 e. The van der Waals surface area contributed by atoms with Crippen molar-refractivity contribution in [3.8, 4) is 0 Å². The van der Waals surface area contributed by atoms with Crippen LogP contribution < -0.4 is 0 Å². The molecule has 2 aromatic rings. The van der Waals surface area contributed by atoms with Crippen molar-refractivity contribution >= 4 is 11.6 Å². The molecule has 36 heavy (non-hydrogen) atoms. The van der Waals surface area contributed by atoms with Crippen molar-refractivity contribution in [1.82, 2.24) is 19.7 Å². The monoisotopic (exact) mass is 491 g/mol. The van der Waals surface area contributed by atoms with E-state index in [4.69, 9.17) is 4.98 Å². The predicted octanol–water partition coefficient (Wildman–Crippen LogP) is 4.38. The smallest absolute Gasteiger partial charge is 0.269 e. The van der Waals surface area contributed by atoms with E-state index < -0.39 is 0 Å². The lowest BCUT2D eigenvalue weighted by atomic mass is 9.89. The van der Waals surface area contributed by atoms with Gasteiger partial charge in [0, 0.05) is 62.5 Å². The van der Waals surface area contributed by atoms with Crippen LogP contribution in [0.1, 0.15) is 71.8 Å². The summed E-state index contributed by atoms with van der Waals surface area (Å²) >= 11 is 0. The number of pyridine rings is 1. The molecule has 3 aliphatic rings. The normalized spacial score (nSPS) is 20.6. The van der Waals surface area contributed by atoms with Crippen LogP contribution >= 0.6 is 0 Å². The fourth-order valence-electron chi connectivity index (χ4n) is 6.19. The van der Waals surface area contributed by atoms with Crippen molar-refractivity contribution in [3.05, 3.63) is 69.0 Å². The van der Waals surface area contributed by atoms with E-state index in [9.17, 15) is 14.9 Å². The van der Waals surface area contributed by atoms with Crippen LogP contribution in [0, 0.1) is 17.0 Å². The SMILES string of the molecule is Cc1ccc(C(=O)N2CCN(C3CCCC3)CC2)c(C2CCN(Cc3cccc([N+](=O)[O-])c3)CC2)n1. The van der Waals surface area contributed by atoms with Crippen LogP contribution in [-0.4, -0.2) is 75.8 Å². The Hall–Kier alpha value is -2.84. The van der Waals surface area contributed by atoms with Gasteiger partial charge >= 0.3 is 0 Å². The fourth-order valence-corrected chi connectivity index (χ4v) is 6.19. The van der Waals surface area contributed by atoms with E-state index in [0.29, 0.717) is 12.6 Å². The van der Waals surface area contributed by atoms with Gasteiger partial charge in [0.2, 0.25) is 0 Å². The van der Waals surface area contributed by atoms with E-state index in [-0.39, 0.29) is 22.4 Å². The number of piperazine rings is 1. The Morgan fingerprint density at radius 3 is 2.42 bits per heavy atom. The lowest BCUT2D eigenvalue weighted by Crippen LogP contribution is -2.51. The molecular weight excluding hydrogens is 454 g/mol. The second kappa shape index (κ2) is 11.0. The summed E-state index contributed by atoms with van der Waals surface area (Å²) in [5.41, 5.74) is 3.77.